The molecule has 0 amide bonds. The lowest BCUT2D eigenvalue weighted by Gasteiger charge is -2.15. The average molecular weight is 334 g/mol. The van der Waals surface area contributed by atoms with Gasteiger partial charge in [0.2, 0.25) is 0 Å². The van der Waals surface area contributed by atoms with Crippen molar-refractivity contribution in [2.75, 3.05) is 19.8 Å². The van der Waals surface area contributed by atoms with Crippen molar-refractivity contribution in [2.45, 2.75) is 26.2 Å². The quantitative estimate of drug-likeness (QED) is 0.727. The largest absolute Gasteiger partial charge is 0.490 e. The van der Waals surface area contributed by atoms with Crippen LogP contribution in [-0.2, 0) is 6.42 Å². The Bertz CT molecular complexity index is 629. The normalized spacial score (nSPS) is 10.8. The van der Waals surface area contributed by atoms with Gasteiger partial charge < -0.3 is 15.2 Å². The van der Waals surface area contributed by atoms with Gasteiger partial charge in [-0.05, 0) is 54.3 Å². The third-order valence-electron chi connectivity index (χ3n) is 3.58. The predicted molar refractivity (Wildman–Crippen MR) is 95.7 cm³/mol. The molecule has 2 rings (SSSR count). The fourth-order valence-corrected chi connectivity index (χ4v) is 2.63. The molecule has 2 aromatic rings. The van der Waals surface area contributed by atoms with Gasteiger partial charge in [0, 0.05) is 5.02 Å². The Hall–Kier alpha value is -1.71. The lowest BCUT2D eigenvalue weighted by atomic mass is 10.0. The molecule has 0 aliphatic rings. The third-order valence-corrected chi connectivity index (χ3v) is 3.81. The van der Waals surface area contributed by atoms with Gasteiger partial charge in [0.05, 0.1) is 0 Å². The molecular formula is C19H24ClNO2. The summed E-state index contributed by atoms with van der Waals surface area (Å²) in [4.78, 5) is 0. The van der Waals surface area contributed by atoms with Gasteiger partial charge in [0.1, 0.15) is 24.7 Å². The van der Waals surface area contributed by atoms with Crippen molar-refractivity contribution in [1.82, 2.24) is 0 Å². The minimum Gasteiger partial charge on any atom is -0.490 e. The molecule has 0 atom stereocenters. The first-order valence-corrected chi connectivity index (χ1v) is 8.32. The number of nitrogens with two attached hydrogens (primary N) is 1. The van der Waals surface area contributed by atoms with Crippen LogP contribution in [0.25, 0.3) is 0 Å². The zero-order valence-electron chi connectivity index (χ0n) is 13.7. The van der Waals surface area contributed by atoms with Gasteiger partial charge in [-0.25, -0.2) is 0 Å². The maximum absolute atomic E-state index is 6.02. The number of para-hydroxylation sites is 1. The van der Waals surface area contributed by atoms with Gasteiger partial charge in [0.25, 0.3) is 0 Å². The van der Waals surface area contributed by atoms with Gasteiger partial charge in [-0.1, -0.05) is 43.6 Å². The Balaban J connectivity index is 1.91. The van der Waals surface area contributed by atoms with Gasteiger partial charge in [-0.3, -0.25) is 0 Å². The second-order valence-electron chi connectivity index (χ2n) is 5.68. The standard InChI is InChI=1S/C19H24ClNO2/c1-14(2)17-5-3-4-6-19(17)23-12-11-22-18-8-7-16(20)13-15(18)9-10-21/h3-8,13-14H,9-12,21H2,1-2H3. The van der Waals surface area contributed by atoms with Crippen LogP contribution in [0.4, 0.5) is 0 Å². The highest BCUT2D eigenvalue weighted by Gasteiger charge is 2.07. The highest BCUT2D eigenvalue weighted by Crippen LogP contribution is 2.26. The smallest absolute Gasteiger partial charge is 0.122 e. The minimum absolute atomic E-state index is 0.430. The van der Waals surface area contributed by atoms with Crippen LogP contribution in [0.2, 0.25) is 5.02 Å². The Morgan fingerprint density at radius 3 is 2.39 bits per heavy atom. The SMILES string of the molecule is CC(C)c1ccccc1OCCOc1ccc(Cl)cc1CCN. The molecule has 0 fully saturated rings. The summed E-state index contributed by atoms with van der Waals surface area (Å²) in [5.74, 6) is 2.17. The second kappa shape index (κ2) is 8.80. The van der Waals surface area contributed by atoms with E-state index in [0.29, 0.717) is 30.7 Å². The molecule has 2 N–H and O–H groups in total. The fraction of sp³-hybridized carbons (Fsp3) is 0.368. The summed E-state index contributed by atoms with van der Waals surface area (Å²) in [6.45, 7) is 5.85. The lowest BCUT2D eigenvalue weighted by molar-refractivity contribution is 0.214. The molecule has 0 aliphatic heterocycles. The number of ether oxygens (including phenoxy) is 2. The van der Waals surface area contributed by atoms with E-state index in [2.05, 4.69) is 19.9 Å². The Kier molecular flexibility index (Phi) is 6.75. The van der Waals surface area contributed by atoms with Crippen LogP contribution < -0.4 is 15.2 Å². The van der Waals surface area contributed by atoms with Crippen LogP contribution in [0.3, 0.4) is 0 Å². The van der Waals surface area contributed by atoms with E-state index in [4.69, 9.17) is 26.8 Å². The zero-order chi connectivity index (χ0) is 16.7. The highest BCUT2D eigenvalue weighted by molar-refractivity contribution is 6.30. The van der Waals surface area contributed by atoms with E-state index in [-0.39, 0.29) is 0 Å². The fourth-order valence-electron chi connectivity index (χ4n) is 2.43. The molecule has 0 aromatic heterocycles. The van der Waals surface area contributed by atoms with E-state index in [0.717, 1.165) is 23.5 Å². The minimum atomic E-state index is 0.430. The van der Waals surface area contributed by atoms with Crippen molar-refractivity contribution in [3.63, 3.8) is 0 Å². The Morgan fingerprint density at radius 2 is 1.70 bits per heavy atom. The maximum Gasteiger partial charge on any atom is 0.122 e. The number of rotatable bonds is 8. The number of benzene rings is 2. The number of hydrogen-bond donors (Lipinski definition) is 1. The summed E-state index contributed by atoms with van der Waals surface area (Å²) >= 11 is 6.02. The first-order valence-electron chi connectivity index (χ1n) is 7.95. The predicted octanol–water partition coefficient (Wildman–Crippen LogP) is 4.42. The first-order chi connectivity index (χ1) is 11.1. The summed E-state index contributed by atoms with van der Waals surface area (Å²) in [6, 6.07) is 13.7. The molecule has 0 unspecified atom stereocenters. The lowest BCUT2D eigenvalue weighted by Crippen LogP contribution is -2.12. The molecule has 0 spiro atoms. The first kappa shape index (κ1) is 17.6. The summed E-state index contributed by atoms with van der Waals surface area (Å²) in [7, 11) is 0. The van der Waals surface area contributed by atoms with Crippen molar-refractivity contribution in [1.29, 1.82) is 0 Å². The summed E-state index contributed by atoms with van der Waals surface area (Å²) < 4.78 is 11.7. The zero-order valence-corrected chi connectivity index (χ0v) is 14.5. The summed E-state index contributed by atoms with van der Waals surface area (Å²) in [5, 5.41) is 0.697. The number of hydrogen-bond acceptors (Lipinski definition) is 3. The van der Waals surface area contributed by atoms with Gasteiger partial charge in [-0.15, -0.1) is 0 Å². The molecule has 4 heteroatoms. The van der Waals surface area contributed by atoms with Gasteiger partial charge in [-0.2, -0.15) is 0 Å². The van der Waals surface area contributed by atoms with E-state index >= 15 is 0 Å². The van der Waals surface area contributed by atoms with Crippen LogP contribution in [0, 0.1) is 0 Å². The van der Waals surface area contributed by atoms with Gasteiger partial charge in [0.15, 0.2) is 0 Å². The van der Waals surface area contributed by atoms with E-state index < -0.39 is 0 Å². The van der Waals surface area contributed by atoms with Crippen molar-refractivity contribution in [3.05, 3.63) is 58.6 Å². The highest BCUT2D eigenvalue weighted by atomic mass is 35.5. The van der Waals surface area contributed by atoms with Crippen LogP contribution in [-0.4, -0.2) is 19.8 Å². The van der Waals surface area contributed by atoms with Crippen molar-refractivity contribution in [2.24, 2.45) is 5.73 Å². The molecule has 0 saturated carbocycles. The van der Waals surface area contributed by atoms with E-state index in [1.165, 1.54) is 5.56 Å². The summed E-state index contributed by atoms with van der Waals surface area (Å²) in [6.07, 6.45) is 0.743. The Labute approximate surface area is 143 Å². The third kappa shape index (κ3) is 5.15. The topological polar surface area (TPSA) is 44.5 Å². The van der Waals surface area contributed by atoms with Crippen LogP contribution in [0.5, 0.6) is 11.5 Å². The Morgan fingerprint density at radius 1 is 1.00 bits per heavy atom. The maximum atomic E-state index is 6.02. The molecule has 0 heterocycles. The van der Waals surface area contributed by atoms with E-state index in [9.17, 15) is 0 Å². The van der Waals surface area contributed by atoms with Crippen molar-refractivity contribution in [3.8, 4) is 11.5 Å². The monoisotopic (exact) mass is 333 g/mol. The molecule has 3 nitrogen and oxygen atoms in total. The molecule has 0 aliphatic carbocycles. The molecule has 124 valence electrons. The van der Waals surface area contributed by atoms with Crippen molar-refractivity contribution < 1.29 is 9.47 Å². The van der Waals surface area contributed by atoms with Crippen LogP contribution >= 0.6 is 11.6 Å². The second-order valence-corrected chi connectivity index (χ2v) is 6.12. The number of halogens is 1. The van der Waals surface area contributed by atoms with Crippen LogP contribution in [0.1, 0.15) is 30.9 Å². The molecule has 0 radical (unpaired) electrons. The molecule has 0 saturated heterocycles. The molecule has 0 bridgehead atoms. The molecule has 23 heavy (non-hydrogen) atoms. The van der Waals surface area contributed by atoms with E-state index in [1.54, 1.807) is 0 Å². The van der Waals surface area contributed by atoms with Crippen molar-refractivity contribution >= 4 is 11.6 Å². The summed E-state index contributed by atoms with van der Waals surface area (Å²) in [5.41, 5.74) is 7.87. The van der Waals surface area contributed by atoms with E-state index in [1.807, 2.05) is 36.4 Å². The van der Waals surface area contributed by atoms with Crippen LogP contribution in [0.15, 0.2) is 42.5 Å². The molecular weight excluding hydrogens is 310 g/mol. The van der Waals surface area contributed by atoms with Gasteiger partial charge >= 0.3 is 0 Å². The average Bonchev–Trinajstić information content (AvgIpc) is 2.54. The molecule has 2 aromatic carbocycles.